The highest BCUT2D eigenvalue weighted by Crippen LogP contribution is 2.13. The van der Waals surface area contributed by atoms with E-state index < -0.39 is 0 Å². The van der Waals surface area contributed by atoms with Crippen molar-refractivity contribution in [2.24, 2.45) is 0 Å². The van der Waals surface area contributed by atoms with Gasteiger partial charge in [-0.15, -0.1) is 0 Å². The molecule has 0 aromatic carbocycles. The van der Waals surface area contributed by atoms with E-state index in [-0.39, 0.29) is 17.0 Å². The number of halogens is 1. The monoisotopic (exact) mass is 259 g/mol. The molecule has 0 bridgehead atoms. The Balaban J connectivity index is 0. The van der Waals surface area contributed by atoms with Gasteiger partial charge in [0.25, 0.3) is 0 Å². The van der Waals surface area contributed by atoms with Crippen LogP contribution < -0.4 is 17.0 Å². The predicted octanol–water partition coefficient (Wildman–Crippen LogP) is -0.226. The maximum Gasteiger partial charge on any atom is 0.0977 e. The normalized spacial score (nSPS) is 10.5. The van der Waals surface area contributed by atoms with Gasteiger partial charge in [-0.25, -0.2) is 0 Å². The van der Waals surface area contributed by atoms with E-state index in [0.717, 1.165) is 24.1 Å². The molecule has 0 atom stereocenters. The molecule has 0 rings (SSSR count). The molecule has 0 spiro atoms. The zero-order chi connectivity index (χ0) is 10.3. The van der Waals surface area contributed by atoms with E-state index in [2.05, 4.69) is 33.6 Å². The molecule has 0 aliphatic carbocycles. The van der Waals surface area contributed by atoms with Gasteiger partial charge in [0.05, 0.1) is 25.7 Å². The Bertz CT molecular complexity index is 158. The van der Waals surface area contributed by atoms with Gasteiger partial charge >= 0.3 is 0 Å². The molecule has 0 radical (unpaired) electrons. The molecule has 14 heavy (non-hydrogen) atoms. The summed E-state index contributed by atoms with van der Waals surface area (Å²) in [6.07, 6.45) is 5.94. The molecule has 82 valence electrons. The summed E-state index contributed by atoms with van der Waals surface area (Å²) in [6, 6.07) is 0.578. The third-order valence-corrected chi connectivity index (χ3v) is 2.57. The minimum Gasteiger partial charge on any atom is -1.00 e. The van der Waals surface area contributed by atoms with E-state index in [1.807, 2.05) is 18.2 Å². The topological polar surface area (TPSA) is 0 Å². The van der Waals surface area contributed by atoms with Crippen molar-refractivity contribution in [2.75, 3.05) is 19.6 Å². The quantitative estimate of drug-likeness (QED) is 0.438. The van der Waals surface area contributed by atoms with Crippen LogP contribution in [0.2, 0.25) is 0 Å². The predicted molar refractivity (Wildman–Crippen MR) is 60.6 cm³/mol. The van der Waals surface area contributed by atoms with Crippen LogP contribution in [0.3, 0.4) is 0 Å². The van der Waals surface area contributed by atoms with E-state index >= 15 is 0 Å². The second-order valence-corrected chi connectivity index (χ2v) is 3.73. The molecular weight excluding hydrogens is 238 g/mol. The lowest BCUT2D eigenvalue weighted by molar-refractivity contribution is -0.932. The van der Waals surface area contributed by atoms with Crippen molar-refractivity contribution in [3.05, 3.63) is 38.0 Å². The Kier molecular flexibility index (Phi) is 9.21. The molecule has 0 saturated heterocycles. The minimum absolute atomic E-state index is 0. The first-order valence-electron chi connectivity index (χ1n) is 4.81. The van der Waals surface area contributed by atoms with Crippen molar-refractivity contribution < 1.29 is 21.5 Å². The highest BCUT2D eigenvalue weighted by Gasteiger charge is 2.26. The van der Waals surface area contributed by atoms with Crippen LogP contribution in [0.15, 0.2) is 38.0 Å². The molecule has 0 N–H and O–H groups in total. The summed E-state index contributed by atoms with van der Waals surface area (Å²) in [5.41, 5.74) is 0. The second-order valence-electron chi connectivity index (χ2n) is 3.73. The number of rotatable bonds is 7. The standard InChI is InChI=1S/C12H22N.BrH/c1-6-9-13(10-7-2,11-8-3)12(4)5;/h6-8,12H,1-3,9-11H2,4-5H3;1H/q+1;/p-1. The summed E-state index contributed by atoms with van der Waals surface area (Å²) in [5, 5.41) is 0. The van der Waals surface area contributed by atoms with E-state index in [0.29, 0.717) is 6.04 Å². The van der Waals surface area contributed by atoms with Crippen LogP contribution in [-0.2, 0) is 0 Å². The molecule has 0 aliphatic rings. The molecule has 0 aromatic rings. The zero-order valence-electron chi connectivity index (χ0n) is 9.38. The van der Waals surface area contributed by atoms with Gasteiger partial charge < -0.3 is 21.5 Å². The van der Waals surface area contributed by atoms with Crippen LogP contribution in [0.1, 0.15) is 13.8 Å². The average Bonchev–Trinajstić information content (AvgIpc) is 2.05. The SMILES string of the molecule is C=CC[N+](CC=C)(CC=C)C(C)C.[Br-]. The highest BCUT2D eigenvalue weighted by molar-refractivity contribution is 4.77. The van der Waals surface area contributed by atoms with Crippen molar-refractivity contribution in [3.63, 3.8) is 0 Å². The smallest absolute Gasteiger partial charge is 0.0977 e. The van der Waals surface area contributed by atoms with E-state index in [9.17, 15) is 0 Å². The number of nitrogens with zero attached hydrogens (tertiary/aromatic N) is 1. The first-order valence-corrected chi connectivity index (χ1v) is 4.81. The molecule has 0 fully saturated rings. The van der Waals surface area contributed by atoms with Crippen LogP contribution in [0.4, 0.5) is 0 Å². The summed E-state index contributed by atoms with van der Waals surface area (Å²) in [4.78, 5) is 0. The molecule has 0 heterocycles. The van der Waals surface area contributed by atoms with Gasteiger partial charge in [-0.05, 0) is 32.1 Å². The molecular formula is C12H22BrN. The van der Waals surface area contributed by atoms with Crippen molar-refractivity contribution in [3.8, 4) is 0 Å². The summed E-state index contributed by atoms with van der Waals surface area (Å²) in [6.45, 7) is 18.8. The highest BCUT2D eigenvalue weighted by atomic mass is 79.9. The van der Waals surface area contributed by atoms with Gasteiger partial charge in [0.1, 0.15) is 0 Å². The van der Waals surface area contributed by atoms with Crippen LogP contribution in [0.25, 0.3) is 0 Å². The second kappa shape index (κ2) is 8.01. The Hall–Kier alpha value is -0.340. The summed E-state index contributed by atoms with van der Waals surface area (Å²) >= 11 is 0. The van der Waals surface area contributed by atoms with Crippen molar-refractivity contribution >= 4 is 0 Å². The molecule has 0 unspecified atom stereocenters. The van der Waals surface area contributed by atoms with Gasteiger partial charge in [0.2, 0.25) is 0 Å². The Morgan fingerprint density at radius 1 is 0.929 bits per heavy atom. The van der Waals surface area contributed by atoms with E-state index in [1.165, 1.54) is 0 Å². The lowest BCUT2D eigenvalue weighted by Gasteiger charge is -2.40. The van der Waals surface area contributed by atoms with Gasteiger partial charge in [-0.2, -0.15) is 0 Å². The lowest BCUT2D eigenvalue weighted by atomic mass is 10.2. The van der Waals surface area contributed by atoms with Crippen molar-refractivity contribution in [2.45, 2.75) is 19.9 Å². The summed E-state index contributed by atoms with van der Waals surface area (Å²) < 4.78 is 0.983. The van der Waals surface area contributed by atoms with Gasteiger partial charge in [0, 0.05) is 0 Å². The fraction of sp³-hybridized carbons (Fsp3) is 0.500. The number of hydrogen-bond acceptors (Lipinski definition) is 0. The Morgan fingerprint density at radius 3 is 1.36 bits per heavy atom. The molecule has 1 nitrogen and oxygen atoms in total. The van der Waals surface area contributed by atoms with Crippen LogP contribution in [0, 0.1) is 0 Å². The van der Waals surface area contributed by atoms with Gasteiger partial charge in [0.15, 0.2) is 0 Å². The largest absolute Gasteiger partial charge is 1.00 e. The number of quaternary nitrogens is 1. The minimum atomic E-state index is 0. The van der Waals surface area contributed by atoms with Gasteiger partial charge in [-0.1, -0.05) is 19.7 Å². The zero-order valence-corrected chi connectivity index (χ0v) is 11.0. The maximum absolute atomic E-state index is 3.81. The molecule has 0 saturated carbocycles. The van der Waals surface area contributed by atoms with Crippen LogP contribution in [0.5, 0.6) is 0 Å². The van der Waals surface area contributed by atoms with Crippen LogP contribution in [-0.4, -0.2) is 30.2 Å². The first-order chi connectivity index (χ1) is 6.13. The average molecular weight is 260 g/mol. The maximum atomic E-state index is 3.81. The van der Waals surface area contributed by atoms with E-state index in [4.69, 9.17) is 0 Å². The molecule has 0 amide bonds. The molecule has 0 aliphatic heterocycles. The lowest BCUT2D eigenvalue weighted by Crippen LogP contribution is -3.00. The Labute approximate surface area is 99.2 Å². The number of hydrogen-bond donors (Lipinski definition) is 0. The Morgan fingerprint density at radius 2 is 1.21 bits per heavy atom. The molecule has 2 heteroatoms. The third kappa shape index (κ3) is 4.25. The van der Waals surface area contributed by atoms with E-state index in [1.54, 1.807) is 0 Å². The summed E-state index contributed by atoms with van der Waals surface area (Å²) in [7, 11) is 0. The fourth-order valence-corrected chi connectivity index (χ4v) is 1.63. The fourth-order valence-electron chi connectivity index (χ4n) is 1.63. The van der Waals surface area contributed by atoms with Crippen molar-refractivity contribution in [1.82, 2.24) is 0 Å². The van der Waals surface area contributed by atoms with Gasteiger partial charge in [-0.3, -0.25) is 0 Å². The third-order valence-electron chi connectivity index (χ3n) is 2.57. The van der Waals surface area contributed by atoms with Crippen LogP contribution >= 0.6 is 0 Å². The summed E-state index contributed by atoms with van der Waals surface area (Å²) in [5.74, 6) is 0. The van der Waals surface area contributed by atoms with Crippen molar-refractivity contribution in [1.29, 1.82) is 0 Å². The first kappa shape index (κ1) is 16.1. The molecule has 0 aromatic heterocycles.